The molecule has 0 aliphatic carbocycles. The number of nitrogens with zero attached hydrogens (tertiary/aromatic N) is 1. The molecule has 1 saturated heterocycles. The van der Waals surface area contributed by atoms with Crippen molar-refractivity contribution >= 4 is 0 Å². The Kier molecular flexibility index (Phi) is 6.34. The van der Waals surface area contributed by atoms with Crippen LogP contribution in [0.3, 0.4) is 0 Å². The smallest absolute Gasteiger partial charge is 0.119 e. The molecule has 0 amide bonds. The van der Waals surface area contributed by atoms with Crippen molar-refractivity contribution in [3.05, 3.63) is 29.8 Å². The van der Waals surface area contributed by atoms with Crippen molar-refractivity contribution in [2.24, 2.45) is 0 Å². The lowest BCUT2D eigenvalue weighted by atomic mass is 10.0. The van der Waals surface area contributed by atoms with Crippen molar-refractivity contribution in [1.29, 1.82) is 0 Å². The number of likely N-dealkylation sites (N-methyl/N-ethyl adjacent to an activating group) is 1. The van der Waals surface area contributed by atoms with Crippen LogP contribution >= 0.6 is 0 Å². The van der Waals surface area contributed by atoms with E-state index < -0.39 is 0 Å². The second-order valence-electron chi connectivity index (χ2n) is 5.84. The molecule has 1 atom stereocenters. The molecule has 0 saturated carbocycles. The van der Waals surface area contributed by atoms with Crippen molar-refractivity contribution in [1.82, 2.24) is 10.2 Å². The van der Waals surface area contributed by atoms with Crippen LogP contribution in [0.5, 0.6) is 5.75 Å². The van der Waals surface area contributed by atoms with E-state index in [0.717, 1.165) is 31.9 Å². The van der Waals surface area contributed by atoms with Crippen LogP contribution in [0.2, 0.25) is 0 Å². The lowest BCUT2D eigenvalue weighted by molar-refractivity contribution is 0.256. The van der Waals surface area contributed by atoms with Gasteiger partial charge in [-0.2, -0.15) is 0 Å². The molecule has 1 aromatic carbocycles. The van der Waals surface area contributed by atoms with Crippen LogP contribution in [0, 0.1) is 0 Å². The van der Waals surface area contributed by atoms with Crippen LogP contribution in [-0.2, 0) is 6.54 Å². The van der Waals surface area contributed by atoms with Gasteiger partial charge in [0.1, 0.15) is 5.75 Å². The highest BCUT2D eigenvalue weighted by molar-refractivity contribution is 5.27. The summed E-state index contributed by atoms with van der Waals surface area (Å²) in [5.74, 6) is 0.979. The zero-order valence-electron chi connectivity index (χ0n) is 12.9. The molecule has 112 valence electrons. The quantitative estimate of drug-likeness (QED) is 0.828. The van der Waals surface area contributed by atoms with E-state index in [-0.39, 0.29) is 0 Å². The molecule has 0 spiro atoms. The first-order valence-corrected chi connectivity index (χ1v) is 7.91. The molecule has 0 aromatic heterocycles. The van der Waals surface area contributed by atoms with Crippen molar-refractivity contribution in [2.45, 2.75) is 45.2 Å². The number of ether oxygens (including phenoxy) is 1. The van der Waals surface area contributed by atoms with Crippen LogP contribution in [0.1, 0.15) is 38.2 Å². The minimum atomic E-state index is 0.668. The fraction of sp³-hybridized carbons (Fsp3) is 0.647. The van der Waals surface area contributed by atoms with Gasteiger partial charge in [0.25, 0.3) is 0 Å². The van der Waals surface area contributed by atoms with Gasteiger partial charge < -0.3 is 15.0 Å². The topological polar surface area (TPSA) is 24.5 Å². The van der Waals surface area contributed by atoms with Crippen molar-refractivity contribution < 1.29 is 4.74 Å². The third kappa shape index (κ3) is 5.14. The molecule has 1 unspecified atom stereocenters. The van der Waals surface area contributed by atoms with Crippen LogP contribution in [-0.4, -0.2) is 37.7 Å². The van der Waals surface area contributed by atoms with Crippen molar-refractivity contribution in [2.75, 3.05) is 26.7 Å². The Morgan fingerprint density at radius 2 is 2.05 bits per heavy atom. The average Bonchev–Trinajstić information content (AvgIpc) is 2.47. The minimum absolute atomic E-state index is 0.668. The highest BCUT2D eigenvalue weighted by atomic mass is 16.5. The largest absolute Gasteiger partial charge is 0.494 e. The molecule has 2 rings (SSSR count). The second-order valence-corrected chi connectivity index (χ2v) is 5.84. The Morgan fingerprint density at radius 3 is 2.70 bits per heavy atom. The van der Waals surface area contributed by atoms with Crippen LogP contribution < -0.4 is 10.1 Å². The third-order valence-electron chi connectivity index (χ3n) is 3.79. The average molecular weight is 276 g/mol. The number of rotatable bonds is 7. The lowest BCUT2D eigenvalue weighted by Gasteiger charge is -2.28. The van der Waals surface area contributed by atoms with Crippen molar-refractivity contribution in [3.8, 4) is 5.75 Å². The lowest BCUT2D eigenvalue weighted by Crippen LogP contribution is -2.42. The maximum atomic E-state index is 5.61. The van der Waals surface area contributed by atoms with E-state index in [1.165, 1.54) is 31.4 Å². The summed E-state index contributed by atoms with van der Waals surface area (Å²) in [5, 5.41) is 3.61. The Bertz CT molecular complexity index is 371. The van der Waals surface area contributed by atoms with Gasteiger partial charge in [-0.05, 0) is 50.6 Å². The molecule has 3 heteroatoms. The monoisotopic (exact) mass is 276 g/mol. The normalized spacial score (nSPS) is 19.2. The van der Waals surface area contributed by atoms with Crippen LogP contribution in [0.15, 0.2) is 24.3 Å². The molecule has 1 N–H and O–H groups in total. The SMILES string of the molecule is CCCOc1ccc(CN(C)CC2CCCCN2)cc1. The molecule has 1 heterocycles. The molecule has 1 aromatic rings. The van der Waals surface area contributed by atoms with E-state index in [4.69, 9.17) is 4.74 Å². The maximum absolute atomic E-state index is 5.61. The van der Waals surface area contributed by atoms with E-state index in [0.29, 0.717) is 6.04 Å². The Hall–Kier alpha value is -1.06. The van der Waals surface area contributed by atoms with Gasteiger partial charge in [-0.1, -0.05) is 25.5 Å². The Labute approximate surface area is 123 Å². The zero-order valence-corrected chi connectivity index (χ0v) is 12.9. The van der Waals surface area contributed by atoms with E-state index in [2.05, 4.69) is 48.5 Å². The molecule has 3 nitrogen and oxygen atoms in total. The highest BCUT2D eigenvalue weighted by Crippen LogP contribution is 2.14. The third-order valence-corrected chi connectivity index (χ3v) is 3.79. The predicted molar refractivity (Wildman–Crippen MR) is 84.2 cm³/mol. The molecular weight excluding hydrogens is 248 g/mol. The van der Waals surface area contributed by atoms with E-state index in [1.807, 2.05) is 0 Å². The summed E-state index contributed by atoms with van der Waals surface area (Å²) < 4.78 is 5.61. The molecular formula is C17H28N2O. The van der Waals surface area contributed by atoms with Gasteiger partial charge in [0.15, 0.2) is 0 Å². The van der Waals surface area contributed by atoms with Gasteiger partial charge in [-0.25, -0.2) is 0 Å². The number of hydrogen-bond donors (Lipinski definition) is 1. The van der Waals surface area contributed by atoms with Crippen LogP contribution in [0.4, 0.5) is 0 Å². The molecule has 0 radical (unpaired) electrons. The van der Waals surface area contributed by atoms with Gasteiger partial charge in [0.2, 0.25) is 0 Å². The maximum Gasteiger partial charge on any atom is 0.119 e. The predicted octanol–water partition coefficient (Wildman–Crippen LogP) is 3.05. The first-order valence-electron chi connectivity index (χ1n) is 7.91. The molecule has 1 fully saturated rings. The minimum Gasteiger partial charge on any atom is -0.494 e. The fourth-order valence-electron chi connectivity index (χ4n) is 2.74. The first kappa shape index (κ1) is 15.3. The number of hydrogen-bond acceptors (Lipinski definition) is 3. The van der Waals surface area contributed by atoms with Crippen LogP contribution in [0.25, 0.3) is 0 Å². The van der Waals surface area contributed by atoms with E-state index >= 15 is 0 Å². The summed E-state index contributed by atoms with van der Waals surface area (Å²) in [7, 11) is 2.21. The van der Waals surface area contributed by atoms with E-state index in [1.54, 1.807) is 0 Å². The summed E-state index contributed by atoms with van der Waals surface area (Å²) in [4.78, 5) is 2.41. The second kappa shape index (κ2) is 8.28. The number of piperidine rings is 1. The summed E-state index contributed by atoms with van der Waals surface area (Å²) in [6.45, 7) is 6.25. The first-order chi connectivity index (χ1) is 9.78. The van der Waals surface area contributed by atoms with Gasteiger partial charge in [0.05, 0.1) is 6.61 Å². The summed E-state index contributed by atoms with van der Waals surface area (Å²) >= 11 is 0. The number of nitrogens with one attached hydrogen (secondary N) is 1. The molecule has 0 bridgehead atoms. The summed E-state index contributed by atoms with van der Waals surface area (Å²) in [6.07, 6.45) is 5.07. The van der Waals surface area contributed by atoms with Gasteiger partial charge in [-0.3, -0.25) is 0 Å². The highest BCUT2D eigenvalue weighted by Gasteiger charge is 2.14. The summed E-state index contributed by atoms with van der Waals surface area (Å²) in [6, 6.07) is 9.18. The molecule has 1 aliphatic rings. The molecule has 1 aliphatic heterocycles. The Morgan fingerprint density at radius 1 is 1.25 bits per heavy atom. The number of benzene rings is 1. The Balaban J connectivity index is 1.76. The van der Waals surface area contributed by atoms with Crippen molar-refractivity contribution in [3.63, 3.8) is 0 Å². The standard InChI is InChI=1S/C17H28N2O/c1-3-12-20-17-9-7-15(8-10-17)13-19(2)14-16-6-4-5-11-18-16/h7-10,16,18H,3-6,11-14H2,1-2H3. The van der Waals surface area contributed by atoms with E-state index in [9.17, 15) is 0 Å². The van der Waals surface area contributed by atoms with Gasteiger partial charge in [-0.15, -0.1) is 0 Å². The molecule has 20 heavy (non-hydrogen) atoms. The summed E-state index contributed by atoms with van der Waals surface area (Å²) in [5.41, 5.74) is 1.35. The van der Waals surface area contributed by atoms with Gasteiger partial charge in [0, 0.05) is 19.1 Å². The fourth-order valence-corrected chi connectivity index (χ4v) is 2.74. The zero-order chi connectivity index (χ0) is 14.2. The van der Waals surface area contributed by atoms with Gasteiger partial charge >= 0.3 is 0 Å².